The molecule has 0 aromatic rings. The van der Waals surface area contributed by atoms with Gasteiger partial charge in [0.2, 0.25) is 15.9 Å². The second-order valence-electron chi connectivity index (χ2n) is 6.80. The number of halogens is 1. The summed E-state index contributed by atoms with van der Waals surface area (Å²) in [5, 5.41) is 0. The molecule has 1 aliphatic carbocycles. The van der Waals surface area contributed by atoms with Gasteiger partial charge in [-0.15, -0.1) is 12.4 Å². The van der Waals surface area contributed by atoms with Crippen LogP contribution in [0.15, 0.2) is 0 Å². The number of nitrogens with two attached hydrogens (primary N) is 1. The second kappa shape index (κ2) is 6.84. The Morgan fingerprint density at radius 2 is 1.78 bits per heavy atom. The van der Waals surface area contributed by atoms with Gasteiger partial charge in [0.1, 0.15) is 5.54 Å². The normalized spacial score (nSPS) is 31.2. The van der Waals surface area contributed by atoms with Crippen LogP contribution in [0.1, 0.15) is 27.2 Å². The molecule has 1 saturated heterocycles. The van der Waals surface area contributed by atoms with Crippen molar-refractivity contribution < 1.29 is 17.9 Å². The highest BCUT2D eigenvalue weighted by Gasteiger charge is 2.63. The summed E-state index contributed by atoms with van der Waals surface area (Å²) in [7, 11) is -3.20. The van der Waals surface area contributed by atoms with Crippen LogP contribution in [0.4, 0.5) is 0 Å². The standard InChI is InChI=1S/C14H27N3O4S.ClH/c1-5-21-11-10-14(15,13(11,2)3)12(18)16-6-8-17(9-7-16)22(4,19)20;/h11H,5-10,15H2,1-4H3;1H. The third-order valence-corrected chi connectivity index (χ3v) is 6.51. The quantitative estimate of drug-likeness (QED) is 0.755. The van der Waals surface area contributed by atoms with Gasteiger partial charge in [0.05, 0.1) is 12.4 Å². The zero-order valence-corrected chi connectivity index (χ0v) is 15.9. The molecule has 2 unspecified atom stereocenters. The Morgan fingerprint density at radius 3 is 2.17 bits per heavy atom. The Morgan fingerprint density at radius 1 is 1.26 bits per heavy atom. The van der Waals surface area contributed by atoms with Gasteiger partial charge in [-0.2, -0.15) is 4.31 Å². The van der Waals surface area contributed by atoms with Crippen LogP contribution in [-0.4, -0.2) is 74.2 Å². The Bertz CT molecular complexity index is 546. The number of nitrogens with zero attached hydrogens (tertiary/aromatic N) is 2. The van der Waals surface area contributed by atoms with E-state index < -0.39 is 21.0 Å². The first-order valence-electron chi connectivity index (χ1n) is 7.69. The van der Waals surface area contributed by atoms with Crippen molar-refractivity contribution in [2.45, 2.75) is 38.8 Å². The fourth-order valence-corrected chi connectivity index (χ4v) is 4.13. The van der Waals surface area contributed by atoms with Crippen molar-refractivity contribution in [1.29, 1.82) is 0 Å². The van der Waals surface area contributed by atoms with Crippen LogP contribution in [0, 0.1) is 5.41 Å². The first-order chi connectivity index (χ1) is 10.0. The fourth-order valence-electron chi connectivity index (χ4n) is 3.30. The van der Waals surface area contributed by atoms with E-state index in [1.807, 2.05) is 20.8 Å². The van der Waals surface area contributed by atoms with Crippen molar-refractivity contribution in [3.05, 3.63) is 0 Å². The monoisotopic (exact) mass is 369 g/mol. The smallest absolute Gasteiger partial charge is 0.243 e. The van der Waals surface area contributed by atoms with Crippen molar-refractivity contribution in [3.8, 4) is 0 Å². The lowest BCUT2D eigenvalue weighted by Gasteiger charge is -2.59. The van der Waals surface area contributed by atoms with Gasteiger partial charge in [-0.3, -0.25) is 4.79 Å². The molecule has 2 atom stereocenters. The summed E-state index contributed by atoms with van der Waals surface area (Å²) < 4.78 is 30.1. The number of hydrogen-bond acceptors (Lipinski definition) is 5. The third-order valence-electron chi connectivity index (χ3n) is 5.21. The summed E-state index contributed by atoms with van der Waals surface area (Å²) in [4.78, 5) is 14.5. The van der Waals surface area contributed by atoms with Crippen LogP contribution in [0.2, 0.25) is 0 Å². The van der Waals surface area contributed by atoms with Crippen molar-refractivity contribution in [2.75, 3.05) is 39.0 Å². The van der Waals surface area contributed by atoms with E-state index in [2.05, 4.69) is 0 Å². The summed E-state index contributed by atoms with van der Waals surface area (Å²) >= 11 is 0. The van der Waals surface area contributed by atoms with Crippen LogP contribution in [0.3, 0.4) is 0 Å². The predicted octanol–water partition coefficient (Wildman–Crippen LogP) is 0.0445. The van der Waals surface area contributed by atoms with Crippen molar-refractivity contribution in [2.24, 2.45) is 11.1 Å². The highest BCUT2D eigenvalue weighted by atomic mass is 35.5. The van der Waals surface area contributed by atoms with Gasteiger partial charge in [-0.1, -0.05) is 13.8 Å². The molecule has 136 valence electrons. The molecule has 0 spiro atoms. The number of sulfonamides is 1. The Hall–Kier alpha value is -0.410. The molecule has 2 rings (SSSR count). The van der Waals surface area contributed by atoms with E-state index in [1.165, 1.54) is 10.6 Å². The lowest BCUT2D eigenvalue weighted by atomic mass is 9.54. The van der Waals surface area contributed by atoms with Crippen LogP contribution in [-0.2, 0) is 19.6 Å². The van der Waals surface area contributed by atoms with Gasteiger partial charge < -0.3 is 15.4 Å². The second-order valence-corrected chi connectivity index (χ2v) is 8.78. The summed E-state index contributed by atoms with van der Waals surface area (Å²) in [6.07, 6.45) is 1.69. The average molecular weight is 370 g/mol. The molecule has 2 fully saturated rings. The molecule has 2 N–H and O–H groups in total. The first kappa shape index (κ1) is 20.6. The molecule has 0 aromatic carbocycles. The molecular formula is C14H28ClN3O4S. The molecule has 23 heavy (non-hydrogen) atoms. The fraction of sp³-hybridized carbons (Fsp3) is 0.929. The number of piperazine rings is 1. The van der Waals surface area contributed by atoms with Gasteiger partial charge in [0.25, 0.3) is 0 Å². The number of rotatable bonds is 4. The minimum Gasteiger partial charge on any atom is -0.378 e. The summed E-state index contributed by atoms with van der Waals surface area (Å²) in [6, 6.07) is 0. The van der Waals surface area contributed by atoms with E-state index in [0.717, 1.165) is 0 Å². The average Bonchev–Trinajstić information content (AvgIpc) is 2.45. The minimum absolute atomic E-state index is 0. The van der Waals surface area contributed by atoms with Crippen LogP contribution < -0.4 is 5.73 Å². The minimum atomic E-state index is -3.20. The van der Waals surface area contributed by atoms with Crippen molar-refractivity contribution in [3.63, 3.8) is 0 Å². The van der Waals surface area contributed by atoms with Crippen molar-refractivity contribution in [1.82, 2.24) is 9.21 Å². The maximum absolute atomic E-state index is 12.8. The Kier molecular flexibility index (Phi) is 6.13. The topological polar surface area (TPSA) is 92.9 Å². The molecule has 9 heteroatoms. The summed E-state index contributed by atoms with van der Waals surface area (Å²) in [6.45, 7) is 7.89. The van der Waals surface area contributed by atoms with Gasteiger partial charge in [0, 0.05) is 44.6 Å². The van der Waals surface area contributed by atoms with Crippen LogP contribution in [0.5, 0.6) is 0 Å². The largest absolute Gasteiger partial charge is 0.378 e. The molecule has 7 nitrogen and oxygen atoms in total. The third kappa shape index (κ3) is 3.51. The number of hydrogen-bond donors (Lipinski definition) is 1. The molecular weight excluding hydrogens is 342 g/mol. The van der Waals surface area contributed by atoms with E-state index in [4.69, 9.17) is 10.5 Å². The van der Waals surface area contributed by atoms with Gasteiger partial charge in [0.15, 0.2) is 0 Å². The van der Waals surface area contributed by atoms with E-state index in [0.29, 0.717) is 39.2 Å². The molecule has 1 heterocycles. The molecule has 0 bridgehead atoms. The van der Waals surface area contributed by atoms with Crippen LogP contribution >= 0.6 is 12.4 Å². The zero-order chi connectivity index (χ0) is 16.8. The van der Waals surface area contributed by atoms with Gasteiger partial charge >= 0.3 is 0 Å². The summed E-state index contributed by atoms with van der Waals surface area (Å²) in [5.41, 5.74) is 5.04. The number of amides is 1. The van der Waals surface area contributed by atoms with Gasteiger partial charge in [-0.05, 0) is 6.92 Å². The molecule has 0 radical (unpaired) electrons. The van der Waals surface area contributed by atoms with Gasteiger partial charge in [-0.25, -0.2) is 8.42 Å². The van der Waals surface area contributed by atoms with Crippen molar-refractivity contribution >= 4 is 28.3 Å². The lowest BCUT2D eigenvalue weighted by Crippen LogP contribution is -2.76. The maximum Gasteiger partial charge on any atom is 0.243 e. The van der Waals surface area contributed by atoms with E-state index >= 15 is 0 Å². The number of carbonyl (C=O) groups is 1. The molecule has 1 amide bonds. The molecule has 0 aromatic heterocycles. The highest BCUT2D eigenvalue weighted by molar-refractivity contribution is 7.88. The molecule has 2 aliphatic rings. The Labute approximate surface area is 145 Å². The number of carbonyl (C=O) groups excluding carboxylic acids is 1. The number of ether oxygens (including phenoxy) is 1. The van der Waals surface area contributed by atoms with E-state index in [-0.39, 0.29) is 24.4 Å². The molecule has 1 saturated carbocycles. The van der Waals surface area contributed by atoms with E-state index in [1.54, 1.807) is 4.90 Å². The predicted molar refractivity (Wildman–Crippen MR) is 91.0 cm³/mol. The Balaban J connectivity index is 0.00000264. The first-order valence-corrected chi connectivity index (χ1v) is 9.54. The maximum atomic E-state index is 12.8. The SMILES string of the molecule is CCOC1CC(N)(C(=O)N2CCN(S(C)(=O)=O)CC2)C1(C)C.Cl. The lowest BCUT2D eigenvalue weighted by molar-refractivity contribution is -0.180. The summed E-state index contributed by atoms with van der Waals surface area (Å²) in [5.74, 6) is -0.0957. The van der Waals surface area contributed by atoms with E-state index in [9.17, 15) is 13.2 Å². The molecule has 1 aliphatic heterocycles. The van der Waals surface area contributed by atoms with Crippen LogP contribution in [0.25, 0.3) is 0 Å². The highest BCUT2D eigenvalue weighted by Crippen LogP contribution is 2.50. The zero-order valence-electron chi connectivity index (χ0n) is 14.2.